The molecular formula is C20H17ClO4. The maximum absolute atomic E-state index is 11.9. The highest BCUT2D eigenvalue weighted by atomic mass is 35.5. The number of halogens is 1. The van der Waals surface area contributed by atoms with Crippen LogP contribution >= 0.6 is 11.6 Å². The zero-order valence-corrected chi connectivity index (χ0v) is 14.8. The predicted molar refractivity (Wildman–Crippen MR) is 97.3 cm³/mol. The number of carbonyl (C=O) groups is 2. The molecule has 5 heteroatoms. The molecule has 0 aromatic heterocycles. The van der Waals surface area contributed by atoms with E-state index in [9.17, 15) is 9.59 Å². The second kappa shape index (κ2) is 6.73. The van der Waals surface area contributed by atoms with E-state index in [2.05, 4.69) is 12.7 Å². The van der Waals surface area contributed by atoms with Gasteiger partial charge in [-0.05, 0) is 38.0 Å². The molecule has 128 valence electrons. The molecular weight excluding hydrogens is 340 g/mol. The molecule has 0 saturated carbocycles. The van der Waals surface area contributed by atoms with E-state index in [0.29, 0.717) is 40.1 Å². The van der Waals surface area contributed by atoms with Crippen molar-refractivity contribution in [1.82, 2.24) is 0 Å². The summed E-state index contributed by atoms with van der Waals surface area (Å²) in [7, 11) is 0. The second-order valence-electron chi connectivity index (χ2n) is 5.96. The molecule has 0 aliphatic heterocycles. The van der Waals surface area contributed by atoms with Crippen molar-refractivity contribution in [2.24, 2.45) is 0 Å². The average molecular weight is 357 g/mol. The second-order valence-corrected chi connectivity index (χ2v) is 6.39. The van der Waals surface area contributed by atoms with Gasteiger partial charge in [-0.25, -0.2) is 4.79 Å². The summed E-state index contributed by atoms with van der Waals surface area (Å²) in [5.74, 6) is -0.00597. The summed E-state index contributed by atoms with van der Waals surface area (Å²) in [6.07, 6.45) is 4.40. The molecule has 4 nitrogen and oxygen atoms in total. The van der Waals surface area contributed by atoms with Crippen molar-refractivity contribution in [3.8, 4) is 11.5 Å². The number of carbonyl (C=O) groups excluding carboxylic acids is 2. The summed E-state index contributed by atoms with van der Waals surface area (Å²) in [6, 6.07) is 5.20. The Balaban J connectivity index is 2.37. The molecule has 2 aromatic rings. The quantitative estimate of drug-likeness (QED) is 0.350. The van der Waals surface area contributed by atoms with Gasteiger partial charge >= 0.3 is 11.9 Å². The molecule has 0 amide bonds. The Morgan fingerprint density at radius 1 is 1.16 bits per heavy atom. The fraction of sp³-hybridized carbons (Fsp3) is 0.200. The van der Waals surface area contributed by atoms with E-state index in [-0.39, 0.29) is 0 Å². The van der Waals surface area contributed by atoms with Crippen molar-refractivity contribution in [1.29, 1.82) is 0 Å². The summed E-state index contributed by atoms with van der Waals surface area (Å²) < 4.78 is 11.1. The largest absolute Gasteiger partial charge is 0.426 e. The Morgan fingerprint density at radius 3 is 2.56 bits per heavy atom. The molecule has 0 saturated heterocycles. The van der Waals surface area contributed by atoms with Crippen LogP contribution < -0.4 is 9.47 Å². The molecule has 1 aliphatic rings. The molecule has 0 atom stereocenters. The third-order valence-electron chi connectivity index (χ3n) is 4.11. The van der Waals surface area contributed by atoms with Crippen LogP contribution in [0, 0.1) is 0 Å². The van der Waals surface area contributed by atoms with Gasteiger partial charge in [-0.2, -0.15) is 0 Å². The third kappa shape index (κ3) is 3.30. The topological polar surface area (TPSA) is 52.6 Å². The normalized spacial score (nSPS) is 13.0. The van der Waals surface area contributed by atoms with Crippen molar-refractivity contribution in [2.75, 3.05) is 0 Å². The molecule has 0 radical (unpaired) electrons. The minimum absolute atomic E-state index is 0.411. The van der Waals surface area contributed by atoms with E-state index in [1.54, 1.807) is 18.2 Å². The van der Waals surface area contributed by atoms with Gasteiger partial charge in [0.15, 0.2) is 0 Å². The van der Waals surface area contributed by atoms with Crippen LogP contribution in [-0.4, -0.2) is 11.9 Å². The Bertz CT molecular complexity index is 941. The number of rotatable bonds is 3. The lowest BCUT2D eigenvalue weighted by Gasteiger charge is -2.23. The van der Waals surface area contributed by atoms with Gasteiger partial charge in [0, 0.05) is 39.9 Å². The smallest absolute Gasteiger partial charge is 0.335 e. The molecule has 0 bridgehead atoms. The highest BCUT2D eigenvalue weighted by Crippen LogP contribution is 2.45. The van der Waals surface area contributed by atoms with Crippen LogP contribution in [0.1, 0.15) is 25.0 Å². The van der Waals surface area contributed by atoms with Crippen molar-refractivity contribution in [3.05, 3.63) is 58.7 Å². The van der Waals surface area contributed by atoms with Gasteiger partial charge in [0.2, 0.25) is 0 Å². The monoisotopic (exact) mass is 356 g/mol. The number of ether oxygens (including phenoxy) is 2. The fourth-order valence-corrected chi connectivity index (χ4v) is 3.22. The first kappa shape index (κ1) is 17.2. The maximum Gasteiger partial charge on any atom is 0.335 e. The van der Waals surface area contributed by atoms with Crippen LogP contribution in [0.2, 0.25) is 5.02 Å². The lowest BCUT2D eigenvalue weighted by atomic mass is 9.87. The van der Waals surface area contributed by atoms with E-state index in [1.165, 1.54) is 6.92 Å². The van der Waals surface area contributed by atoms with Crippen LogP contribution in [0.15, 0.2) is 42.5 Å². The maximum atomic E-state index is 11.9. The zero-order chi connectivity index (χ0) is 18.1. The molecule has 0 unspecified atom stereocenters. The van der Waals surface area contributed by atoms with Crippen LogP contribution in [-0.2, 0) is 22.4 Å². The molecule has 0 fully saturated rings. The summed E-state index contributed by atoms with van der Waals surface area (Å²) in [5.41, 5.74) is 2.84. The average Bonchev–Trinajstić information content (AvgIpc) is 2.57. The lowest BCUT2D eigenvalue weighted by molar-refractivity contribution is -0.132. The Hall–Kier alpha value is -2.59. The molecule has 0 N–H and O–H groups in total. The SMILES string of the molecule is C=CC(=O)Oc1c2c(c(OC(C)=O)c3cc(Cl)ccc13)CC=C(C)C2. The minimum atomic E-state index is -0.536. The van der Waals surface area contributed by atoms with E-state index < -0.39 is 11.9 Å². The molecule has 25 heavy (non-hydrogen) atoms. The van der Waals surface area contributed by atoms with Crippen LogP contribution in [0.5, 0.6) is 11.5 Å². The van der Waals surface area contributed by atoms with Crippen molar-refractivity contribution in [3.63, 3.8) is 0 Å². The third-order valence-corrected chi connectivity index (χ3v) is 4.34. The number of fused-ring (bicyclic) bond motifs is 2. The van der Waals surface area contributed by atoms with Crippen LogP contribution in [0.25, 0.3) is 10.8 Å². The first-order valence-electron chi connectivity index (χ1n) is 7.86. The van der Waals surface area contributed by atoms with Crippen LogP contribution in [0.4, 0.5) is 0 Å². The number of hydrogen-bond acceptors (Lipinski definition) is 4. The first-order valence-corrected chi connectivity index (χ1v) is 8.23. The van der Waals surface area contributed by atoms with Gasteiger partial charge in [0.1, 0.15) is 11.5 Å². The number of allylic oxidation sites excluding steroid dienone is 2. The van der Waals surface area contributed by atoms with E-state index >= 15 is 0 Å². The molecule has 0 spiro atoms. The molecule has 0 heterocycles. The van der Waals surface area contributed by atoms with Crippen molar-refractivity contribution < 1.29 is 19.1 Å². The summed E-state index contributed by atoms with van der Waals surface area (Å²) in [5, 5.41) is 1.81. The minimum Gasteiger partial charge on any atom is -0.426 e. The Labute approximate surface area is 150 Å². The van der Waals surface area contributed by atoms with Gasteiger partial charge in [0.05, 0.1) is 0 Å². The fourth-order valence-electron chi connectivity index (χ4n) is 3.05. The predicted octanol–water partition coefficient (Wildman–Crippen LogP) is 4.55. The van der Waals surface area contributed by atoms with Gasteiger partial charge < -0.3 is 9.47 Å². The van der Waals surface area contributed by atoms with Gasteiger partial charge in [-0.1, -0.05) is 29.8 Å². The highest BCUT2D eigenvalue weighted by Gasteiger charge is 2.25. The van der Waals surface area contributed by atoms with Crippen LogP contribution in [0.3, 0.4) is 0 Å². The van der Waals surface area contributed by atoms with Crippen molar-refractivity contribution in [2.45, 2.75) is 26.7 Å². The number of hydrogen-bond donors (Lipinski definition) is 0. The number of esters is 2. The standard InChI is InChI=1S/C20H17ClO4/c1-4-18(23)25-20-15-8-6-13(21)10-17(15)19(24-12(3)22)14-7-5-11(2)9-16(14)20/h4-6,8,10H,1,7,9H2,2-3H3. The molecule has 3 rings (SSSR count). The first-order chi connectivity index (χ1) is 11.9. The summed E-state index contributed by atoms with van der Waals surface area (Å²) in [6.45, 7) is 6.83. The lowest BCUT2D eigenvalue weighted by Crippen LogP contribution is -2.13. The molecule has 2 aromatic carbocycles. The Morgan fingerprint density at radius 2 is 1.88 bits per heavy atom. The van der Waals surface area contributed by atoms with E-state index in [0.717, 1.165) is 22.8 Å². The van der Waals surface area contributed by atoms with Gasteiger partial charge in [0.25, 0.3) is 0 Å². The van der Waals surface area contributed by atoms with E-state index in [1.807, 2.05) is 6.92 Å². The summed E-state index contributed by atoms with van der Waals surface area (Å²) >= 11 is 6.14. The van der Waals surface area contributed by atoms with E-state index in [4.69, 9.17) is 21.1 Å². The van der Waals surface area contributed by atoms with Crippen molar-refractivity contribution >= 4 is 34.3 Å². The zero-order valence-electron chi connectivity index (χ0n) is 14.0. The van der Waals surface area contributed by atoms with Gasteiger partial charge in [-0.3, -0.25) is 4.79 Å². The van der Waals surface area contributed by atoms with Gasteiger partial charge in [-0.15, -0.1) is 0 Å². The molecule has 1 aliphatic carbocycles. The number of benzene rings is 2. The summed E-state index contributed by atoms with van der Waals surface area (Å²) in [4.78, 5) is 23.5. The Kier molecular flexibility index (Phi) is 4.64. The highest BCUT2D eigenvalue weighted by molar-refractivity contribution is 6.31.